The summed E-state index contributed by atoms with van der Waals surface area (Å²) in [5.74, 6) is 0.719. The van der Waals surface area contributed by atoms with Crippen LogP contribution in [-0.4, -0.2) is 70.9 Å². The molecule has 4 N–H and O–H groups in total. The number of hydrogen-bond acceptors (Lipinski definition) is 8. The van der Waals surface area contributed by atoms with E-state index in [1.807, 2.05) is 25.1 Å². The van der Waals surface area contributed by atoms with E-state index in [-0.39, 0.29) is 30.9 Å². The van der Waals surface area contributed by atoms with Crippen LogP contribution in [0.4, 0.5) is 5.69 Å². The van der Waals surface area contributed by atoms with Crippen LogP contribution in [0.25, 0.3) is 10.2 Å². The van der Waals surface area contributed by atoms with Gasteiger partial charge in [0.1, 0.15) is 18.1 Å². The molecule has 0 aliphatic carbocycles. The number of benzene rings is 2. The molecular weight excluding hydrogens is 428 g/mol. The SMILES string of the molecule is Cc1nc2cc(OCC(O)CC3CNCCN3CC(=O)Nc3ccc(O)cc3)ccc2s1. The molecule has 0 saturated carbocycles. The summed E-state index contributed by atoms with van der Waals surface area (Å²) in [6.45, 7) is 4.61. The number of ether oxygens (including phenoxy) is 1. The minimum atomic E-state index is -0.657. The van der Waals surface area contributed by atoms with Crippen LogP contribution in [0.15, 0.2) is 42.5 Å². The van der Waals surface area contributed by atoms with E-state index in [0.29, 0.717) is 24.4 Å². The summed E-state index contributed by atoms with van der Waals surface area (Å²) in [5, 5.41) is 27.1. The molecule has 0 spiro atoms. The van der Waals surface area contributed by atoms with Gasteiger partial charge in [0.2, 0.25) is 5.91 Å². The molecule has 1 fully saturated rings. The van der Waals surface area contributed by atoms with Crippen molar-refractivity contribution >= 4 is 33.1 Å². The molecule has 2 unspecified atom stereocenters. The number of aliphatic hydroxyl groups is 1. The monoisotopic (exact) mass is 456 g/mol. The highest BCUT2D eigenvalue weighted by Crippen LogP contribution is 2.25. The van der Waals surface area contributed by atoms with Crippen molar-refractivity contribution in [2.75, 3.05) is 38.1 Å². The van der Waals surface area contributed by atoms with Gasteiger partial charge in [-0.3, -0.25) is 9.69 Å². The molecule has 2 atom stereocenters. The van der Waals surface area contributed by atoms with Gasteiger partial charge in [-0.15, -0.1) is 11.3 Å². The Hall–Kier alpha value is -2.72. The summed E-state index contributed by atoms with van der Waals surface area (Å²) in [5.41, 5.74) is 1.54. The van der Waals surface area contributed by atoms with E-state index < -0.39 is 6.10 Å². The Bertz CT molecular complexity index is 1060. The molecule has 0 radical (unpaired) electrons. The third kappa shape index (κ3) is 5.95. The lowest BCUT2D eigenvalue weighted by Crippen LogP contribution is -2.54. The molecule has 32 heavy (non-hydrogen) atoms. The third-order valence-corrected chi connectivity index (χ3v) is 6.37. The summed E-state index contributed by atoms with van der Waals surface area (Å²) < 4.78 is 6.92. The number of nitrogens with one attached hydrogen (secondary N) is 2. The number of anilines is 1. The first-order valence-electron chi connectivity index (χ1n) is 10.7. The molecule has 3 aromatic rings. The molecule has 170 valence electrons. The lowest BCUT2D eigenvalue weighted by molar-refractivity contribution is -0.118. The van der Waals surface area contributed by atoms with Gasteiger partial charge in [-0.25, -0.2) is 4.98 Å². The highest BCUT2D eigenvalue weighted by molar-refractivity contribution is 7.18. The second-order valence-electron chi connectivity index (χ2n) is 7.99. The van der Waals surface area contributed by atoms with Crippen LogP contribution in [0.2, 0.25) is 0 Å². The van der Waals surface area contributed by atoms with E-state index in [1.54, 1.807) is 23.5 Å². The third-order valence-electron chi connectivity index (χ3n) is 5.42. The number of aromatic nitrogens is 1. The average molecular weight is 457 g/mol. The fraction of sp³-hybridized carbons (Fsp3) is 0.391. The van der Waals surface area contributed by atoms with Gasteiger partial charge in [-0.2, -0.15) is 0 Å². The second-order valence-corrected chi connectivity index (χ2v) is 9.22. The number of hydrogen-bond donors (Lipinski definition) is 4. The lowest BCUT2D eigenvalue weighted by atomic mass is 10.1. The summed E-state index contributed by atoms with van der Waals surface area (Å²) in [6.07, 6.45) is -0.159. The number of phenolic OH excluding ortho intramolecular Hbond substituents is 1. The van der Waals surface area contributed by atoms with Crippen molar-refractivity contribution in [1.82, 2.24) is 15.2 Å². The zero-order valence-electron chi connectivity index (χ0n) is 18.0. The minimum Gasteiger partial charge on any atom is -0.508 e. The first kappa shape index (κ1) is 22.5. The maximum absolute atomic E-state index is 12.5. The minimum absolute atomic E-state index is 0.0246. The molecule has 1 aliphatic heterocycles. The predicted octanol–water partition coefficient (Wildman–Crippen LogP) is 2.35. The fourth-order valence-corrected chi connectivity index (χ4v) is 4.67. The Morgan fingerprint density at radius 2 is 2.16 bits per heavy atom. The number of phenols is 1. The smallest absolute Gasteiger partial charge is 0.238 e. The number of fused-ring (bicyclic) bond motifs is 1. The van der Waals surface area contributed by atoms with E-state index in [1.165, 1.54) is 12.1 Å². The maximum atomic E-state index is 12.5. The number of nitrogens with zero attached hydrogens (tertiary/aromatic N) is 2. The van der Waals surface area contributed by atoms with Crippen LogP contribution in [-0.2, 0) is 4.79 Å². The number of carbonyl (C=O) groups is 1. The quantitative estimate of drug-likeness (QED) is 0.386. The molecule has 2 heterocycles. The number of aromatic hydroxyl groups is 1. The van der Waals surface area contributed by atoms with Crippen LogP contribution >= 0.6 is 11.3 Å². The maximum Gasteiger partial charge on any atom is 0.238 e. The molecule has 1 aromatic heterocycles. The van der Waals surface area contributed by atoms with Crippen molar-refractivity contribution in [3.8, 4) is 11.5 Å². The Morgan fingerprint density at radius 3 is 2.97 bits per heavy atom. The standard InChI is InChI=1S/C23H28N4O4S/c1-15-25-21-11-20(6-7-22(21)32-15)31-14-19(29)10-17-12-24-8-9-27(17)13-23(30)26-16-2-4-18(28)5-3-16/h2-7,11,17,19,24,28-29H,8-10,12-14H2,1H3,(H,26,30). The van der Waals surface area contributed by atoms with Gasteiger partial charge in [-0.05, 0) is 49.7 Å². The van der Waals surface area contributed by atoms with Crippen molar-refractivity contribution in [3.05, 3.63) is 47.5 Å². The number of thiazole rings is 1. The first-order valence-corrected chi connectivity index (χ1v) is 11.5. The molecule has 1 amide bonds. The number of aliphatic hydroxyl groups excluding tert-OH is 1. The Morgan fingerprint density at radius 1 is 1.34 bits per heavy atom. The number of piperazine rings is 1. The van der Waals surface area contributed by atoms with Gasteiger partial charge in [0, 0.05) is 37.4 Å². The summed E-state index contributed by atoms with van der Waals surface area (Å²) in [6, 6.07) is 12.2. The lowest BCUT2D eigenvalue weighted by Gasteiger charge is -2.36. The van der Waals surface area contributed by atoms with Crippen molar-refractivity contribution in [2.24, 2.45) is 0 Å². The Labute approximate surface area is 190 Å². The Kier molecular flexibility index (Phi) is 7.21. The van der Waals surface area contributed by atoms with Gasteiger partial charge < -0.3 is 25.6 Å². The summed E-state index contributed by atoms with van der Waals surface area (Å²) >= 11 is 1.64. The molecule has 2 aromatic carbocycles. The molecule has 0 bridgehead atoms. The van der Waals surface area contributed by atoms with Crippen LogP contribution < -0.4 is 15.4 Å². The average Bonchev–Trinajstić information content (AvgIpc) is 3.14. The van der Waals surface area contributed by atoms with Gasteiger partial charge in [0.15, 0.2) is 0 Å². The van der Waals surface area contributed by atoms with Crippen LogP contribution in [0, 0.1) is 6.92 Å². The van der Waals surface area contributed by atoms with E-state index >= 15 is 0 Å². The molecule has 1 aliphatic rings. The largest absolute Gasteiger partial charge is 0.508 e. The van der Waals surface area contributed by atoms with Gasteiger partial charge >= 0.3 is 0 Å². The van der Waals surface area contributed by atoms with Crippen LogP contribution in [0.5, 0.6) is 11.5 Å². The number of carbonyl (C=O) groups excluding carboxylic acids is 1. The van der Waals surface area contributed by atoms with E-state index in [0.717, 1.165) is 28.3 Å². The van der Waals surface area contributed by atoms with Crippen LogP contribution in [0.3, 0.4) is 0 Å². The number of aryl methyl sites for hydroxylation is 1. The van der Waals surface area contributed by atoms with Crippen molar-refractivity contribution < 1.29 is 19.7 Å². The molecule has 1 saturated heterocycles. The zero-order chi connectivity index (χ0) is 22.5. The first-order chi connectivity index (χ1) is 15.5. The number of amides is 1. The van der Waals surface area contributed by atoms with Crippen molar-refractivity contribution in [3.63, 3.8) is 0 Å². The van der Waals surface area contributed by atoms with Gasteiger partial charge in [0.25, 0.3) is 0 Å². The topological polar surface area (TPSA) is 107 Å². The molecule has 9 heteroatoms. The van der Waals surface area contributed by atoms with E-state index in [4.69, 9.17) is 4.74 Å². The van der Waals surface area contributed by atoms with E-state index in [9.17, 15) is 15.0 Å². The van der Waals surface area contributed by atoms with Crippen molar-refractivity contribution in [2.45, 2.75) is 25.5 Å². The summed E-state index contributed by atoms with van der Waals surface area (Å²) in [7, 11) is 0. The van der Waals surface area contributed by atoms with Gasteiger partial charge in [-0.1, -0.05) is 0 Å². The molecule has 8 nitrogen and oxygen atoms in total. The number of rotatable bonds is 8. The normalized spacial score (nSPS) is 17.9. The highest BCUT2D eigenvalue weighted by atomic mass is 32.1. The molecule has 4 rings (SSSR count). The van der Waals surface area contributed by atoms with Crippen molar-refractivity contribution in [1.29, 1.82) is 0 Å². The van der Waals surface area contributed by atoms with E-state index in [2.05, 4.69) is 20.5 Å². The van der Waals surface area contributed by atoms with Gasteiger partial charge in [0.05, 0.1) is 27.9 Å². The zero-order valence-corrected chi connectivity index (χ0v) is 18.8. The Balaban J connectivity index is 1.28. The van der Waals surface area contributed by atoms with Crippen LogP contribution in [0.1, 0.15) is 11.4 Å². The highest BCUT2D eigenvalue weighted by Gasteiger charge is 2.26. The summed E-state index contributed by atoms with van der Waals surface area (Å²) in [4.78, 5) is 19.0. The molecular formula is C23H28N4O4S. The second kappa shape index (κ2) is 10.3. The predicted molar refractivity (Wildman–Crippen MR) is 125 cm³/mol. The fourth-order valence-electron chi connectivity index (χ4n) is 3.86.